The molecule has 2 rings (SSSR count). The van der Waals surface area contributed by atoms with Crippen molar-refractivity contribution in [3.05, 3.63) is 47.5 Å². The van der Waals surface area contributed by atoms with Crippen LogP contribution >= 0.6 is 0 Å². The lowest BCUT2D eigenvalue weighted by molar-refractivity contribution is 0.893. The summed E-state index contributed by atoms with van der Waals surface area (Å²) in [4.78, 5) is 3.98. The molecule has 0 unspecified atom stereocenters. The van der Waals surface area contributed by atoms with Gasteiger partial charge in [0.25, 0.3) is 0 Å². The van der Waals surface area contributed by atoms with Gasteiger partial charge in [0.05, 0.1) is 5.69 Å². The van der Waals surface area contributed by atoms with Crippen LogP contribution in [0.1, 0.15) is 17.0 Å². The first-order valence-electron chi connectivity index (χ1n) is 5.00. The third-order valence-electron chi connectivity index (χ3n) is 2.23. The fourth-order valence-electron chi connectivity index (χ4n) is 1.50. The van der Waals surface area contributed by atoms with Crippen LogP contribution in [-0.2, 0) is 12.8 Å². The van der Waals surface area contributed by atoms with E-state index in [1.54, 1.807) is 12.4 Å². The van der Waals surface area contributed by atoms with E-state index in [-0.39, 0.29) is 0 Å². The van der Waals surface area contributed by atoms with Crippen molar-refractivity contribution in [3.8, 4) is 0 Å². The van der Waals surface area contributed by atoms with E-state index in [0.29, 0.717) is 6.54 Å². The van der Waals surface area contributed by atoms with Crippen LogP contribution in [0.5, 0.6) is 0 Å². The van der Waals surface area contributed by atoms with Crippen LogP contribution in [0.3, 0.4) is 0 Å². The van der Waals surface area contributed by atoms with Gasteiger partial charge in [0.15, 0.2) is 0 Å². The van der Waals surface area contributed by atoms with E-state index in [1.807, 2.05) is 12.1 Å². The van der Waals surface area contributed by atoms with Crippen LogP contribution in [0.15, 0.2) is 30.6 Å². The van der Waals surface area contributed by atoms with Crippen LogP contribution in [0.25, 0.3) is 0 Å². The number of hydrogen-bond acceptors (Lipinski definition) is 3. The van der Waals surface area contributed by atoms with Crippen LogP contribution in [-0.4, -0.2) is 21.7 Å². The highest BCUT2D eigenvalue weighted by Gasteiger charge is 2.01. The van der Waals surface area contributed by atoms with E-state index in [9.17, 15) is 0 Å². The smallest absolute Gasteiger partial charge is 0.0637 e. The Kier molecular flexibility index (Phi) is 3.09. The van der Waals surface area contributed by atoms with Crippen molar-refractivity contribution in [3.63, 3.8) is 0 Å². The second kappa shape index (κ2) is 4.70. The molecule has 0 aliphatic rings. The van der Waals surface area contributed by atoms with Gasteiger partial charge in [-0.1, -0.05) is 0 Å². The Hall–Kier alpha value is -1.68. The summed E-state index contributed by atoms with van der Waals surface area (Å²) in [7, 11) is 0. The Balaban J connectivity index is 2.05. The van der Waals surface area contributed by atoms with Gasteiger partial charge in [0.1, 0.15) is 0 Å². The zero-order valence-electron chi connectivity index (χ0n) is 8.48. The molecule has 0 saturated carbocycles. The maximum absolute atomic E-state index is 5.46. The molecule has 2 aromatic rings. The zero-order chi connectivity index (χ0) is 10.5. The van der Waals surface area contributed by atoms with Gasteiger partial charge in [-0.05, 0) is 30.3 Å². The summed E-state index contributed by atoms with van der Waals surface area (Å²) in [6, 6.07) is 6.07. The maximum Gasteiger partial charge on any atom is 0.0637 e. The summed E-state index contributed by atoms with van der Waals surface area (Å²) in [5.41, 5.74) is 8.83. The average molecular weight is 202 g/mol. The number of rotatable bonds is 4. The minimum atomic E-state index is 0.638. The van der Waals surface area contributed by atoms with Gasteiger partial charge in [-0.3, -0.25) is 10.1 Å². The predicted molar refractivity (Wildman–Crippen MR) is 58.4 cm³/mol. The van der Waals surface area contributed by atoms with Crippen molar-refractivity contribution in [2.75, 3.05) is 6.54 Å². The van der Waals surface area contributed by atoms with Gasteiger partial charge >= 0.3 is 0 Å². The lowest BCUT2D eigenvalue weighted by atomic mass is 10.1. The predicted octanol–water partition coefficient (Wildman–Crippen LogP) is 0.897. The largest absolute Gasteiger partial charge is 0.330 e. The molecule has 0 aromatic carbocycles. The number of nitrogens with two attached hydrogens (primary N) is 1. The Morgan fingerprint density at radius 1 is 1.27 bits per heavy atom. The highest BCUT2D eigenvalue weighted by atomic mass is 15.1. The summed E-state index contributed by atoms with van der Waals surface area (Å²) >= 11 is 0. The molecular formula is C11H14N4. The quantitative estimate of drug-likeness (QED) is 0.774. The Morgan fingerprint density at radius 2 is 2.07 bits per heavy atom. The van der Waals surface area contributed by atoms with Gasteiger partial charge < -0.3 is 5.73 Å². The summed E-state index contributed by atoms with van der Waals surface area (Å²) in [5, 5.41) is 7.19. The molecule has 0 spiro atoms. The van der Waals surface area contributed by atoms with E-state index in [1.165, 1.54) is 5.56 Å². The Bertz CT molecular complexity index is 408. The van der Waals surface area contributed by atoms with E-state index in [2.05, 4.69) is 21.2 Å². The first-order valence-corrected chi connectivity index (χ1v) is 5.00. The average Bonchev–Trinajstić information content (AvgIpc) is 2.68. The Labute approximate surface area is 88.5 Å². The molecule has 0 saturated heterocycles. The molecule has 0 fully saturated rings. The van der Waals surface area contributed by atoms with Gasteiger partial charge in [0, 0.05) is 30.9 Å². The molecule has 3 N–H and O–H groups in total. The summed E-state index contributed by atoms with van der Waals surface area (Å²) < 4.78 is 0. The summed E-state index contributed by atoms with van der Waals surface area (Å²) in [6.07, 6.45) is 5.28. The SMILES string of the molecule is NCCc1cc(Cc2ccncc2)[nH]n1. The van der Waals surface area contributed by atoms with E-state index in [0.717, 1.165) is 24.2 Å². The third kappa shape index (κ3) is 2.63. The molecule has 0 bridgehead atoms. The minimum Gasteiger partial charge on any atom is -0.330 e. The van der Waals surface area contributed by atoms with E-state index < -0.39 is 0 Å². The van der Waals surface area contributed by atoms with E-state index in [4.69, 9.17) is 5.73 Å². The molecule has 0 atom stereocenters. The van der Waals surface area contributed by atoms with Gasteiger partial charge in [-0.25, -0.2) is 0 Å². The zero-order valence-corrected chi connectivity index (χ0v) is 8.48. The van der Waals surface area contributed by atoms with Gasteiger partial charge in [0.2, 0.25) is 0 Å². The van der Waals surface area contributed by atoms with Crippen molar-refractivity contribution in [1.82, 2.24) is 15.2 Å². The highest BCUT2D eigenvalue weighted by Crippen LogP contribution is 2.07. The van der Waals surface area contributed by atoms with Crippen LogP contribution in [0, 0.1) is 0 Å². The van der Waals surface area contributed by atoms with E-state index >= 15 is 0 Å². The van der Waals surface area contributed by atoms with Crippen LogP contribution < -0.4 is 5.73 Å². The fourth-order valence-corrected chi connectivity index (χ4v) is 1.50. The lowest BCUT2D eigenvalue weighted by Crippen LogP contribution is -2.02. The number of pyridine rings is 1. The molecule has 78 valence electrons. The van der Waals surface area contributed by atoms with Crippen LogP contribution in [0.4, 0.5) is 0 Å². The number of hydrogen-bond donors (Lipinski definition) is 2. The second-order valence-corrected chi connectivity index (χ2v) is 3.46. The topological polar surface area (TPSA) is 67.6 Å². The number of aromatic amines is 1. The van der Waals surface area contributed by atoms with Gasteiger partial charge in [-0.15, -0.1) is 0 Å². The maximum atomic E-state index is 5.46. The van der Waals surface area contributed by atoms with Gasteiger partial charge in [-0.2, -0.15) is 5.10 Å². The summed E-state index contributed by atoms with van der Waals surface area (Å²) in [5.74, 6) is 0. The first kappa shape index (κ1) is 9.86. The van der Waals surface area contributed by atoms with Crippen LogP contribution in [0.2, 0.25) is 0 Å². The number of nitrogens with one attached hydrogen (secondary N) is 1. The van der Waals surface area contributed by atoms with Crippen molar-refractivity contribution in [1.29, 1.82) is 0 Å². The molecule has 2 aromatic heterocycles. The molecule has 4 heteroatoms. The monoisotopic (exact) mass is 202 g/mol. The number of H-pyrrole nitrogens is 1. The molecule has 2 heterocycles. The normalized spacial score (nSPS) is 10.5. The highest BCUT2D eigenvalue weighted by molar-refractivity contribution is 5.20. The van der Waals surface area contributed by atoms with Crippen molar-refractivity contribution >= 4 is 0 Å². The molecule has 0 radical (unpaired) electrons. The standard InChI is InChI=1S/C11H14N4/c12-4-1-10-8-11(15-14-10)7-9-2-5-13-6-3-9/h2-3,5-6,8H,1,4,7,12H2,(H,14,15). The summed E-state index contributed by atoms with van der Waals surface area (Å²) in [6.45, 7) is 0.638. The molecule has 0 aliphatic carbocycles. The van der Waals surface area contributed by atoms with Crippen molar-refractivity contribution in [2.24, 2.45) is 5.73 Å². The lowest BCUT2D eigenvalue weighted by Gasteiger charge is -1.96. The minimum absolute atomic E-state index is 0.638. The van der Waals surface area contributed by atoms with Crippen molar-refractivity contribution in [2.45, 2.75) is 12.8 Å². The van der Waals surface area contributed by atoms with Crippen molar-refractivity contribution < 1.29 is 0 Å². The number of nitrogens with zero attached hydrogens (tertiary/aromatic N) is 2. The molecule has 0 aliphatic heterocycles. The molecular weight excluding hydrogens is 188 g/mol. The molecule has 0 amide bonds. The Morgan fingerprint density at radius 3 is 2.80 bits per heavy atom. The third-order valence-corrected chi connectivity index (χ3v) is 2.23. The fraction of sp³-hybridized carbons (Fsp3) is 0.273. The molecule has 4 nitrogen and oxygen atoms in total. The number of aromatic nitrogens is 3. The molecule has 15 heavy (non-hydrogen) atoms. The second-order valence-electron chi connectivity index (χ2n) is 3.46. The first-order chi connectivity index (χ1) is 7.38.